The molecule has 0 saturated heterocycles. The van der Waals surface area contributed by atoms with Gasteiger partial charge in [0.2, 0.25) is 0 Å². The molecule has 0 rings (SSSR count). The quantitative estimate of drug-likeness (QED) is 0.689. The molecule has 2 N–H and O–H groups in total. The number of halogens is 1. The number of hydrogen-bond acceptors (Lipinski definition) is 4. The lowest BCUT2D eigenvalue weighted by Crippen LogP contribution is -2.46. The van der Waals surface area contributed by atoms with Crippen LogP contribution in [0, 0.1) is 5.92 Å². The first-order valence-electron chi connectivity index (χ1n) is 5.73. The molecule has 0 aromatic carbocycles. The van der Waals surface area contributed by atoms with E-state index in [0.29, 0.717) is 17.7 Å². The van der Waals surface area contributed by atoms with Gasteiger partial charge in [-0.2, -0.15) is 13.1 Å². The molecule has 0 aliphatic carbocycles. The Labute approximate surface area is 117 Å². The SMILES string of the molecule is CC(C)CC(CBr)NS(=O)(=O)NC(=O)OC(C)C. The molecule has 0 heterocycles. The van der Waals surface area contributed by atoms with E-state index in [9.17, 15) is 13.2 Å². The molecule has 1 atom stereocenters. The van der Waals surface area contributed by atoms with Crippen molar-refractivity contribution < 1.29 is 17.9 Å². The minimum Gasteiger partial charge on any atom is -0.446 e. The molecule has 0 aliphatic heterocycles. The van der Waals surface area contributed by atoms with E-state index in [1.54, 1.807) is 18.6 Å². The highest BCUT2D eigenvalue weighted by Crippen LogP contribution is 2.07. The van der Waals surface area contributed by atoms with E-state index in [0.717, 1.165) is 0 Å². The molecule has 0 bridgehead atoms. The van der Waals surface area contributed by atoms with Crippen LogP contribution in [-0.2, 0) is 14.9 Å². The van der Waals surface area contributed by atoms with Crippen LogP contribution in [0.2, 0.25) is 0 Å². The van der Waals surface area contributed by atoms with E-state index in [1.165, 1.54) is 0 Å². The molecule has 6 nitrogen and oxygen atoms in total. The van der Waals surface area contributed by atoms with Crippen LogP contribution in [0.5, 0.6) is 0 Å². The highest BCUT2D eigenvalue weighted by Gasteiger charge is 2.21. The van der Waals surface area contributed by atoms with E-state index in [2.05, 4.69) is 20.7 Å². The Morgan fingerprint density at radius 1 is 1.28 bits per heavy atom. The van der Waals surface area contributed by atoms with Gasteiger partial charge in [0, 0.05) is 11.4 Å². The average molecular weight is 345 g/mol. The van der Waals surface area contributed by atoms with Crippen molar-refractivity contribution in [1.82, 2.24) is 9.44 Å². The van der Waals surface area contributed by atoms with Crippen molar-refractivity contribution in [1.29, 1.82) is 0 Å². The zero-order valence-corrected chi connectivity index (χ0v) is 13.5. The Hall–Kier alpha value is -0.340. The van der Waals surface area contributed by atoms with Crippen molar-refractivity contribution in [2.75, 3.05) is 5.33 Å². The molecule has 1 amide bonds. The summed E-state index contributed by atoms with van der Waals surface area (Å²) in [7, 11) is -3.89. The van der Waals surface area contributed by atoms with Gasteiger partial charge in [0.25, 0.3) is 0 Å². The summed E-state index contributed by atoms with van der Waals surface area (Å²) in [6, 6.07) is -0.269. The third-order valence-electron chi connectivity index (χ3n) is 1.82. The van der Waals surface area contributed by atoms with Crippen LogP contribution in [0.1, 0.15) is 34.1 Å². The summed E-state index contributed by atoms with van der Waals surface area (Å²) in [5.74, 6) is 0.345. The van der Waals surface area contributed by atoms with Gasteiger partial charge in [-0.3, -0.25) is 0 Å². The topological polar surface area (TPSA) is 84.5 Å². The lowest BCUT2D eigenvalue weighted by Gasteiger charge is -2.18. The van der Waals surface area contributed by atoms with E-state index >= 15 is 0 Å². The van der Waals surface area contributed by atoms with Gasteiger partial charge in [0.15, 0.2) is 0 Å². The zero-order valence-electron chi connectivity index (χ0n) is 11.1. The first-order chi connectivity index (χ1) is 8.16. The summed E-state index contributed by atoms with van der Waals surface area (Å²) in [4.78, 5) is 11.2. The van der Waals surface area contributed by atoms with Gasteiger partial charge in [0.1, 0.15) is 0 Å². The second-order valence-electron chi connectivity index (χ2n) is 4.66. The molecule has 0 aliphatic rings. The molecule has 0 saturated carbocycles. The van der Waals surface area contributed by atoms with E-state index in [-0.39, 0.29) is 12.1 Å². The van der Waals surface area contributed by atoms with E-state index in [1.807, 2.05) is 13.8 Å². The van der Waals surface area contributed by atoms with Gasteiger partial charge < -0.3 is 4.74 Å². The summed E-state index contributed by atoms with van der Waals surface area (Å²) in [5, 5.41) is 0.477. The van der Waals surface area contributed by atoms with Gasteiger partial charge in [-0.25, -0.2) is 9.52 Å². The Kier molecular flexibility index (Phi) is 7.81. The smallest absolute Gasteiger partial charge is 0.422 e. The largest absolute Gasteiger partial charge is 0.446 e. The fourth-order valence-corrected chi connectivity index (χ4v) is 2.89. The fourth-order valence-electron chi connectivity index (χ4n) is 1.31. The van der Waals surface area contributed by atoms with Crippen LogP contribution in [0.4, 0.5) is 4.79 Å². The van der Waals surface area contributed by atoms with Gasteiger partial charge in [-0.05, 0) is 26.2 Å². The number of ether oxygens (including phenoxy) is 1. The Bertz CT molecular complexity index is 357. The van der Waals surface area contributed by atoms with Crippen LogP contribution < -0.4 is 9.44 Å². The Morgan fingerprint density at radius 3 is 2.22 bits per heavy atom. The number of alkyl halides is 1. The molecule has 0 radical (unpaired) electrons. The summed E-state index contributed by atoms with van der Waals surface area (Å²) in [6.45, 7) is 7.26. The molecular weight excluding hydrogens is 324 g/mol. The first-order valence-corrected chi connectivity index (χ1v) is 8.33. The molecule has 18 heavy (non-hydrogen) atoms. The van der Waals surface area contributed by atoms with Crippen molar-refractivity contribution in [2.24, 2.45) is 5.92 Å². The second kappa shape index (κ2) is 7.96. The zero-order chi connectivity index (χ0) is 14.3. The third kappa shape index (κ3) is 8.71. The van der Waals surface area contributed by atoms with Crippen LogP contribution in [0.3, 0.4) is 0 Å². The van der Waals surface area contributed by atoms with Crippen molar-refractivity contribution in [2.45, 2.75) is 46.3 Å². The number of hydrogen-bond donors (Lipinski definition) is 2. The number of carbonyl (C=O) groups is 1. The van der Waals surface area contributed by atoms with Gasteiger partial charge >= 0.3 is 16.3 Å². The second-order valence-corrected chi connectivity index (χ2v) is 6.75. The molecular formula is C10H21BrN2O4S. The molecule has 1 unspecified atom stereocenters. The van der Waals surface area contributed by atoms with Gasteiger partial charge in [-0.15, -0.1) is 0 Å². The Morgan fingerprint density at radius 2 is 1.83 bits per heavy atom. The number of amides is 1. The van der Waals surface area contributed by atoms with Crippen LogP contribution >= 0.6 is 15.9 Å². The fraction of sp³-hybridized carbons (Fsp3) is 0.900. The molecule has 0 spiro atoms. The summed E-state index contributed by atoms with van der Waals surface area (Å²) >= 11 is 3.23. The normalized spacial score (nSPS) is 13.7. The average Bonchev–Trinajstić information content (AvgIpc) is 2.12. The third-order valence-corrected chi connectivity index (χ3v) is 3.69. The van der Waals surface area contributed by atoms with Gasteiger partial charge in [0.05, 0.1) is 6.10 Å². The Balaban J connectivity index is 4.41. The summed E-state index contributed by atoms with van der Waals surface area (Å²) in [6.07, 6.45) is -0.677. The first kappa shape index (κ1) is 17.7. The van der Waals surface area contributed by atoms with Crippen molar-refractivity contribution in [3.05, 3.63) is 0 Å². The standard InChI is InChI=1S/C10H21BrN2O4S/c1-7(2)5-9(6-11)12-18(15,16)13-10(14)17-8(3)4/h7-9,12H,5-6H2,1-4H3,(H,13,14). The highest BCUT2D eigenvalue weighted by molar-refractivity contribution is 9.09. The molecule has 0 aromatic heterocycles. The van der Waals surface area contributed by atoms with Crippen molar-refractivity contribution in [3.8, 4) is 0 Å². The van der Waals surface area contributed by atoms with E-state index in [4.69, 9.17) is 4.74 Å². The number of nitrogens with one attached hydrogen (secondary N) is 2. The predicted octanol–water partition coefficient (Wildman–Crippen LogP) is 1.76. The maximum atomic E-state index is 11.6. The maximum absolute atomic E-state index is 11.6. The van der Waals surface area contributed by atoms with E-state index < -0.39 is 16.3 Å². The summed E-state index contributed by atoms with van der Waals surface area (Å²) < 4.78 is 32.2. The minimum atomic E-state index is -3.89. The lowest BCUT2D eigenvalue weighted by molar-refractivity contribution is 0.121. The lowest BCUT2D eigenvalue weighted by atomic mass is 10.1. The number of rotatable bonds is 7. The number of carbonyl (C=O) groups excluding carboxylic acids is 1. The van der Waals surface area contributed by atoms with Crippen molar-refractivity contribution in [3.63, 3.8) is 0 Å². The highest BCUT2D eigenvalue weighted by atomic mass is 79.9. The molecule has 108 valence electrons. The molecule has 8 heteroatoms. The van der Waals surface area contributed by atoms with Crippen molar-refractivity contribution >= 4 is 32.2 Å². The summed E-state index contributed by atoms with van der Waals surface area (Å²) in [5.41, 5.74) is 0. The monoisotopic (exact) mass is 344 g/mol. The van der Waals surface area contributed by atoms with Crippen LogP contribution in [-0.4, -0.2) is 32.0 Å². The van der Waals surface area contributed by atoms with Crippen LogP contribution in [0.15, 0.2) is 0 Å². The van der Waals surface area contributed by atoms with Gasteiger partial charge in [-0.1, -0.05) is 29.8 Å². The predicted molar refractivity (Wildman–Crippen MR) is 73.8 cm³/mol. The van der Waals surface area contributed by atoms with Crippen LogP contribution in [0.25, 0.3) is 0 Å². The maximum Gasteiger partial charge on any atom is 0.422 e. The minimum absolute atomic E-state index is 0.269. The molecule has 0 aromatic rings. The molecule has 0 fully saturated rings.